The first kappa shape index (κ1) is 13.2. The standard InChI is InChI=1S/C15H17FOS/c1-3-11-6-7-18-15(11)14(17)9-12-4-5-13(16)8-10(12)2/h4-8,14,17H,3,9H2,1-2H3. The molecule has 0 radical (unpaired) electrons. The molecule has 3 heteroatoms. The van der Waals surface area contributed by atoms with E-state index in [1.54, 1.807) is 17.4 Å². The molecule has 1 heterocycles. The smallest absolute Gasteiger partial charge is 0.123 e. The van der Waals surface area contributed by atoms with Gasteiger partial charge < -0.3 is 5.11 Å². The third kappa shape index (κ3) is 2.79. The Morgan fingerprint density at radius 1 is 1.28 bits per heavy atom. The average molecular weight is 264 g/mol. The maximum absolute atomic E-state index is 13.0. The predicted octanol–water partition coefficient (Wildman–Crippen LogP) is 4.03. The van der Waals surface area contributed by atoms with Crippen molar-refractivity contribution in [1.82, 2.24) is 0 Å². The van der Waals surface area contributed by atoms with Gasteiger partial charge in [-0.15, -0.1) is 11.3 Å². The Balaban J connectivity index is 2.18. The number of benzene rings is 1. The molecule has 0 aliphatic carbocycles. The molecule has 2 aromatic rings. The van der Waals surface area contributed by atoms with Crippen molar-refractivity contribution >= 4 is 11.3 Å². The zero-order chi connectivity index (χ0) is 13.1. The molecule has 0 bridgehead atoms. The molecule has 1 atom stereocenters. The lowest BCUT2D eigenvalue weighted by Gasteiger charge is -2.13. The van der Waals surface area contributed by atoms with Crippen molar-refractivity contribution in [2.75, 3.05) is 0 Å². The van der Waals surface area contributed by atoms with Crippen LogP contribution in [0.15, 0.2) is 29.6 Å². The molecule has 1 unspecified atom stereocenters. The Bertz CT molecular complexity index is 533. The SMILES string of the molecule is CCc1ccsc1C(O)Cc1ccc(F)cc1C. The second-order valence-corrected chi connectivity index (χ2v) is 5.40. The molecule has 0 aliphatic rings. The third-order valence-corrected chi connectivity index (χ3v) is 4.24. The Kier molecular flexibility index (Phi) is 4.15. The molecule has 0 fully saturated rings. The van der Waals surface area contributed by atoms with E-state index in [2.05, 4.69) is 13.0 Å². The summed E-state index contributed by atoms with van der Waals surface area (Å²) >= 11 is 1.59. The van der Waals surface area contributed by atoms with Crippen LogP contribution in [0.1, 0.15) is 34.6 Å². The van der Waals surface area contributed by atoms with Crippen molar-refractivity contribution in [2.45, 2.75) is 32.8 Å². The maximum atomic E-state index is 13.0. The van der Waals surface area contributed by atoms with E-state index in [9.17, 15) is 9.50 Å². The fourth-order valence-electron chi connectivity index (χ4n) is 2.12. The summed E-state index contributed by atoms with van der Waals surface area (Å²) in [5.41, 5.74) is 3.09. The number of rotatable bonds is 4. The summed E-state index contributed by atoms with van der Waals surface area (Å²) in [6, 6.07) is 6.77. The molecule has 18 heavy (non-hydrogen) atoms. The van der Waals surface area contributed by atoms with Crippen molar-refractivity contribution in [2.24, 2.45) is 0 Å². The molecule has 0 saturated heterocycles. The second kappa shape index (κ2) is 5.63. The Morgan fingerprint density at radius 3 is 2.72 bits per heavy atom. The van der Waals surface area contributed by atoms with Gasteiger partial charge in [0.1, 0.15) is 5.82 Å². The molecule has 96 valence electrons. The molecule has 0 amide bonds. The highest BCUT2D eigenvalue weighted by molar-refractivity contribution is 7.10. The van der Waals surface area contributed by atoms with Gasteiger partial charge in [-0.1, -0.05) is 13.0 Å². The number of aliphatic hydroxyl groups excluding tert-OH is 1. The first-order chi connectivity index (χ1) is 8.61. The number of halogens is 1. The summed E-state index contributed by atoms with van der Waals surface area (Å²) in [7, 11) is 0. The second-order valence-electron chi connectivity index (χ2n) is 4.45. The lowest BCUT2D eigenvalue weighted by molar-refractivity contribution is 0.181. The number of hydrogen-bond donors (Lipinski definition) is 1. The van der Waals surface area contributed by atoms with E-state index >= 15 is 0 Å². The lowest BCUT2D eigenvalue weighted by Crippen LogP contribution is -2.03. The van der Waals surface area contributed by atoms with Crippen LogP contribution < -0.4 is 0 Å². The molecule has 1 nitrogen and oxygen atoms in total. The van der Waals surface area contributed by atoms with E-state index in [-0.39, 0.29) is 5.82 Å². The quantitative estimate of drug-likeness (QED) is 0.883. The van der Waals surface area contributed by atoms with Crippen LogP contribution in [-0.4, -0.2) is 5.11 Å². The molecule has 1 aromatic heterocycles. The number of aryl methyl sites for hydroxylation is 2. The molecule has 0 spiro atoms. The minimum atomic E-state index is -0.496. The van der Waals surface area contributed by atoms with Gasteiger partial charge in [0, 0.05) is 11.3 Å². The molecule has 0 aliphatic heterocycles. The predicted molar refractivity (Wildman–Crippen MR) is 73.5 cm³/mol. The summed E-state index contributed by atoms with van der Waals surface area (Å²) in [6.45, 7) is 3.96. The van der Waals surface area contributed by atoms with Gasteiger partial charge in [-0.25, -0.2) is 4.39 Å². The van der Waals surface area contributed by atoms with E-state index in [4.69, 9.17) is 0 Å². The van der Waals surface area contributed by atoms with E-state index in [1.165, 1.54) is 17.7 Å². The van der Waals surface area contributed by atoms with E-state index in [0.717, 1.165) is 22.4 Å². The highest BCUT2D eigenvalue weighted by atomic mass is 32.1. The van der Waals surface area contributed by atoms with E-state index < -0.39 is 6.10 Å². The monoisotopic (exact) mass is 264 g/mol. The number of thiophene rings is 1. The normalized spacial score (nSPS) is 12.7. The summed E-state index contributed by atoms with van der Waals surface area (Å²) in [5.74, 6) is -0.226. The van der Waals surface area contributed by atoms with Crippen molar-refractivity contribution in [3.8, 4) is 0 Å². The van der Waals surface area contributed by atoms with Crippen molar-refractivity contribution in [3.63, 3.8) is 0 Å². The van der Waals surface area contributed by atoms with Crippen LogP contribution in [0, 0.1) is 12.7 Å². The van der Waals surface area contributed by atoms with Crippen LogP contribution in [0.25, 0.3) is 0 Å². The molecular formula is C15H17FOS. The number of aliphatic hydroxyl groups is 1. The van der Waals surface area contributed by atoms with Gasteiger partial charge in [0.15, 0.2) is 0 Å². The van der Waals surface area contributed by atoms with Gasteiger partial charge in [-0.05, 0) is 53.6 Å². The fourth-order valence-corrected chi connectivity index (χ4v) is 3.10. The van der Waals surface area contributed by atoms with Crippen LogP contribution >= 0.6 is 11.3 Å². The summed E-state index contributed by atoms with van der Waals surface area (Å²) in [4.78, 5) is 1.03. The molecule has 1 N–H and O–H groups in total. The summed E-state index contributed by atoms with van der Waals surface area (Å²) in [5, 5.41) is 12.3. The van der Waals surface area contributed by atoms with Gasteiger partial charge in [0.25, 0.3) is 0 Å². The minimum Gasteiger partial charge on any atom is -0.387 e. The van der Waals surface area contributed by atoms with Crippen molar-refractivity contribution in [1.29, 1.82) is 0 Å². The van der Waals surface area contributed by atoms with Crippen molar-refractivity contribution in [3.05, 3.63) is 57.0 Å². The van der Waals surface area contributed by atoms with Crippen LogP contribution in [0.5, 0.6) is 0 Å². The molecule has 1 aromatic carbocycles. The Hall–Kier alpha value is -1.19. The first-order valence-electron chi connectivity index (χ1n) is 6.11. The van der Waals surface area contributed by atoms with Crippen LogP contribution in [0.2, 0.25) is 0 Å². The van der Waals surface area contributed by atoms with Gasteiger partial charge in [-0.2, -0.15) is 0 Å². The van der Waals surface area contributed by atoms with Gasteiger partial charge in [0.05, 0.1) is 6.10 Å². The zero-order valence-corrected chi connectivity index (χ0v) is 11.4. The van der Waals surface area contributed by atoms with Gasteiger partial charge >= 0.3 is 0 Å². The topological polar surface area (TPSA) is 20.2 Å². The molecule has 0 saturated carbocycles. The Morgan fingerprint density at radius 2 is 2.06 bits per heavy atom. The van der Waals surface area contributed by atoms with Crippen molar-refractivity contribution < 1.29 is 9.50 Å². The highest BCUT2D eigenvalue weighted by Gasteiger charge is 2.15. The summed E-state index contributed by atoms with van der Waals surface area (Å²) in [6.07, 6.45) is 0.974. The van der Waals surface area contributed by atoms with Gasteiger partial charge in [0.2, 0.25) is 0 Å². The van der Waals surface area contributed by atoms with Crippen LogP contribution in [0.3, 0.4) is 0 Å². The van der Waals surface area contributed by atoms with E-state index in [0.29, 0.717) is 6.42 Å². The van der Waals surface area contributed by atoms with Crippen LogP contribution in [-0.2, 0) is 12.8 Å². The average Bonchev–Trinajstić information content (AvgIpc) is 2.81. The fraction of sp³-hybridized carbons (Fsp3) is 0.333. The largest absolute Gasteiger partial charge is 0.387 e. The third-order valence-electron chi connectivity index (χ3n) is 3.18. The minimum absolute atomic E-state index is 0.226. The summed E-state index contributed by atoms with van der Waals surface area (Å²) < 4.78 is 13.0. The molecule has 2 rings (SSSR count). The highest BCUT2D eigenvalue weighted by Crippen LogP contribution is 2.28. The van der Waals surface area contributed by atoms with Crippen LogP contribution in [0.4, 0.5) is 4.39 Å². The maximum Gasteiger partial charge on any atom is 0.123 e. The Labute approximate surface area is 111 Å². The zero-order valence-electron chi connectivity index (χ0n) is 10.6. The number of hydrogen-bond acceptors (Lipinski definition) is 2. The lowest BCUT2D eigenvalue weighted by atomic mass is 10.00. The van der Waals surface area contributed by atoms with E-state index in [1.807, 2.05) is 12.3 Å². The first-order valence-corrected chi connectivity index (χ1v) is 6.99. The molecular weight excluding hydrogens is 247 g/mol. The van der Waals surface area contributed by atoms with Gasteiger partial charge in [-0.3, -0.25) is 0 Å².